The molecular weight excluding hydrogens is 396 g/mol. The van der Waals surface area contributed by atoms with Crippen LogP contribution < -0.4 is 0 Å². The maximum absolute atomic E-state index is 12.2. The lowest BCUT2D eigenvalue weighted by Gasteiger charge is -2.64. The Labute approximate surface area is 194 Å². The Morgan fingerprint density at radius 3 is 2.29 bits per heavy atom. The molecule has 0 aliphatic heterocycles. The quantitative estimate of drug-likeness (QED) is 0.442. The number of hydrogen-bond donors (Lipinski definition) is 1. The number of fused-ring (bicyclic) bond motifs is 5. The first-order valence-electron chi connectivity index (χ1n) is 13.7. The molecule has 0 saturated heterocycles. The summed E-state index contributed by atoms with van der Waals surface area (Å²) in [7, 11) is -1.70. The predicted octanol–water partition coefficient (Wildman–Crippen LogP) is 7.95. The van der Waals surface area contributed by atoms with Gasteiger partial charge in [-0.25, -0.2) is 0 Å². The van der Waals surface area contributed by atoms with Gasteiger partial charge < -0.3 is 9.53 Å². The van der Waals surface area contributed by atoms with E-state index < -0.39 is 13.9 Å². The van der Waals surface area contributed by atoms with Crippen molar-refractivity contribution >= 4 is 8.32 Å². The second-order valence-corrected chi connectivity index (χ2v) is 18.9. The largest absolute Gasteiger partial charge is 0.414 e. The Morgan fingerprint density at radius 1 is 0.935 bits per heavy atom. The monoisotopic (exact) mass is 448 g/mol. The van der Waals surface area contributed by atoms with Crippen molar-refractivity contribution in [1.29, 1.82) is 0 Å². The highest BCUT2D eigenvalue weighted by atomic mass is 28.4. The molecule has 4 aliphatic carbocycles. The lowest BCUT2D eigenvalue weighted by Crippen LogP contribution is -2.62. The van der Waals surface area contributed by atoms with Gasteiger partial charge in [0.25, 0.3) is 0 Å². The van der Waals surface area contributed by atoms with Crippen molar-refractivity contribution in [3.05, 3.63) is 0 Å². The van der Waals surface area contributed by atoms with Crippen LogP contribution in [0.15, 0.2) is 0 Å². The van der Waals surface area contributed by atoms with E-state index in [9.17, 15) is 5.11 Å². The van der Waals surface area contributed by atoms with E-state index in [-0.39, 0.29) is 5.41 Å². The average Bonchev–Trinajstić information content (AvgIpc) is 2.93. The highest BCUT2D eigenvalue weighted by Crippen LogP contribution is 2.69. The summed E-state index contributed by atoms with van der Waals surface area (Å²) in [5.41, 5.74) is 0.171. The lowest BCUT2D eigenvalue weighted by molar-refractivity contribution is -0.210. The van der Waals surface area contributed by atoms with Crippen molar-refractivity contribution in [2.75, 3.05) is 0 Å². The van der Waals surface area contributed by atoms with Crippen molar-refractivity contribution in [2.45, 2.75) is 142 Å². The molecule has 8 atom stereocenters. The van der Waals surface area contributed by atoms with Crippen LogP contribution in [-0.2, 0) is 4.43 Å². The van der Waals surface area contributed by atoms with Gasteiger partial charge in [0.15, 0.2) is 8.32 Å². The van der Waals surface area contributed by atoms with E-state index >= 15 is 0 Å². The maximum Gasteiger partial charge on any atom is 0.192 e. The lowest BCUT2D eigenvalue weighted by atomic mass is 9.43. The van der Waals surface area contributed by atoms with Gasteiger partial charge >= 0.3 is 0 Å². The van der Waals surface area contributed by atoms with Gasteiger partial charge in [-0.2, -0.15) is 0 Å². The molecule has 4 fully saturated rings. The molecule has 0 bridgehead atoms. The summed E-state index contributed by atoms with van der Waals surface area (Å²) < 4.78 is 6.91. The molecule has 3 heteroatoms. The Kier molecular flexibility index (Phi) is 6.13. The zero-order valence-corrected chi connectivity index (χ0v) is 23.0. The van der Waals surface area contributed by atoms with Crippen molar-refractivity contribution in [3.63, 3.8) is 0 Å². The molecule has 0 heterocycles. The third-order valence-electron chi connectivity index (χ3n) is 11.9. The van der Waals surface area contributed by atoms with Gasteiger partial charge in [-0.3, -0.25) is 0 Å². The van der Waals surface area contributed by atoms with Crippen molar-refractivity contribution < 1.29 is 9.53 Å². The van der Waals surface area contributed by atoms with Gasteiger partial charge in [-0.1, -0.05) is 54.4 Å². The molecule has 4 rings (SSSR count). The van der Waals surface area contributed by atoms with E-state index in [0.717, 1.165) is 24.2 Å². The molecule has 0 aromatic rings. The number of rotatable bonds is 4. The van der Waals surface area contributed by atoms with Crippen molar-refractivity contribution in [1.82, 2.24) is 0 Å². The molecule has 2 nitrogen and oxygen atoms in total. The van der Waals surface area contributed by atoms with E-state index in [1.54, 1.807) is 0 Å². The predicted molar refractivity (Wildman–Crippen MR) is 134 cm³/mol. The van der Waals surface area contributed by atoms with Gasteiger partial charge in [-0.05, 0) is 110 Å². The average molecular weight is 449 g/mol. The van der Waals surface area contributed by atoms with Gasteiger partial charge in [-0.15, -0.1) is 0 Å². The van der Waals surface area contributed by atoms with Crippen LogP contribution in [-0.4, -0.2) is 25.1 Å². The van der Waals surface area contributed by atoms with Crippen LogP contribution in [0.4, 0.5) is 0 Å². The normalized spacial score (nSPS) is 48.1. The topological polar surface area (TPSA) is 29.5 Å². The van der Waals surface area contributed by atoms with Crippen molar-refractivity contribution in [3.8, 4) is 0 Å². The third kappa shape index (κ3) is 3.62. The Hall–Kier alpha value is 0.137. The number of aliphatic hydroxyl groups is 1. The second-order valence-electron chi connectivity index (χ2n) is 14.2. The molecule has 0 amide bonds. The van der Waals surface area contributed by atoms with E-state index in [4.69, 9.17) is 4.43 Å². The van der Waals surface area contributed by atoms with Crippen LogP contribution in [0.1, 0.15) is 112 Å². The standard InChI is InChI=1S/C28H52O2Si/c1-9-10-20-13-18-28(29)24-12-11-21-19-22(30-31(7,8)25(2,3)4)14-16-26(21,5)23(24)15-17-27(20,28)6/h20-24,29H,9-19H2,1-8H3/t20-,21+,22-,23-,24+,26-,27+,28-/m0/s1. The zero-order valence-electron chi connectivity index (χ0n) is 22.0. The third-order valence-corrected chi connectivity index (χ3v) is 16.4. The van der Waals surface area contributed by atoms with Gasteiger partial charge in [0.1, 0.15) is 0 Å². The molecule has 0 aromatic carbocycles. The van der Waals surface area contributed by atoms with Crippen LogP contribution in [0, 0.1) is 34.5 Å². The minimum Gasteiger partial charge on any atom is -0.414 e. The first-order valence-corrected chi connectivity index (χ1v) is 16.6. The minimum atomic E-state index is -1.70. The Bertz CT molecular complexity index is 668. The second kappa shape index (κ2) is 7.84. The molecular formula is C28H52O2Si. The smallest absolute Gasteiger partial charge is 0.192 e. The first kappa shape index (κ1) is 24.3. The van der Waals surface area contributed by atoms with E-state index in [0.29, 0.717) is 22.5 Å². The van der Waals surface area contributed by atoms with E-state index in [1.165, 1.54) is 64.2 Å². The molecule has 1 N–H and O–H groups in total. The maximum atomic E-state index is 12.2. The molecule has 180 valence electrons. The van der Waals surface area contributed by atoms with Crippen LogP contribution in [0.3, 0.4) is 0 Å². The molecule has 4 aliphatic rings. The van der Waals surface area contributed by atoms with Gasteiger partial charge in [0.2, 0.25) is 0 Å². The van der Waals surface area contributed by atoms with Crippen LogP contribution in [0.25, 0.3) is 0 Å². The molecule has 0 radical (unpaired) electrons. The fourth-order valence-electron chi connectivity index (χ4n) is 8.81. The Morgan fingerprint density at radius 2 is 1.65 bits per heavy atom. The number of hydrogen-bond acceptors (Lipinski definition) is 2. The van der Waals surface area contributed by atoms with E-state index in [2.05, 4.69) is 54.6 Å². The first-order chi connectivity index (χ1) is 14.3. The SMILES string of the molecule is CCC[C@H]1CC[C@]2(O)[C@@H]3CC[C@@H]4C[C@@H](O[Si](C)(C)C(C)(C)C)CC[C@]4(C)[C@H]3CC[C@]12C. The van der Waals surface area contributed by atoms with Gasteiger partial charge in [0, 0.05) is 6.10 Å². The zero-order chi connectivity index (χ0) is 22.9. The highest BCUT2D eigenvalue weighted by Gasteiger charge is 2.66. The van der Waals surface area contributed by atoms with Crippen LogP contribution >= 0.6 is 0 Å². The summed E-state index contributed by atoms with van der Waals surface area (Å²) in [6.07, 6.45) is 14.3. The van der Waals surface area contributed by atoms with Crippen molar-refractivity contribution in [2.24, 2.45) is 34.5 Å². The minimum absolute atomic E-state index is 0.163. The van der Waals surface area contributed by atoms with Gasteiger partial charge in [0.05, 0.1) is 5.60 Å². The summed E-state index contributed by atoms with van der Waals surface area (Å²) in [4.78, 5) is 0. The summed E-state index contributed by atoms with van der Waals surface area (Å²) in [5.74, 6) is 2.78. The van der Waals surface area contributed by atoms with Crippen LogP contribution in [0.2, 0.25) is 18.1 Å². The molecule has 4 saturated carbocycles. The fourth-order valence-corrected chi connectivity index (χ4v) is 10.2. The fraction of sp³-hybridized carbons (Fsp3) is 1.00. The molecule has 0 spiro atoms. The molecule has 0 aromatic heterocycles. The van der Waals surface area contributed by atoms with E-state index in [1.807, 2.05) is 0 Å². The Balaban J connectivity index is 1.51. The summed E-state index contributed by atoms with van der Waals surface area (Å²) in [6.45, 7) is 19.3. The molecule has 31 heavy (non-hydrogen) atoms. The molecule has 0 unspecified atom stereocenters. The van der Waals surface area contributed by atoms with Crippen LogP contribution in [0.5, 0.6) is 0 Å². The summed E-state index contributed by atoms with van der Waals surface area (Å²) in [6, 6.07) is 0. The summed E-state index contributed by atoms with van der Waals surface area (Å²) >= 11 is 0. The highest BCUT2D eigenvalue weighted by molar-refractivity contribution is 6.74. The summed E-state index contributed by atoms with van der Waals surface area (Å²) in [5, 5.41) is 12.5.